The number of sulfonamides is 1. The predicted octanol–water partition coefficient (Wildman–Crippen LogP) is 3.22. The minimum absolute atomic E-state index is 0.0207. The Morgan fingerprint density at radius 2 is 1.77 bits per heavy atom. The van der Waals surface area contributed by atoms with E-state index in [1.807, 2.05) is 19.1 Å². The summed E-state index contributed by atoms with van der Waals surface area (Å²) in [6.45, 7) is 5.35. The molecule has 0 unspecified atom stereocenters. The highest BCUT2D eigenvalue weighted by Crippen LogP contribution is 2.38. The van der Waals surface area contributed by atoms with Crippen LogP contribution in [0, 0.1) is 0 Å². The Hall–Kier alpha value is -2.36. The first-order valence-electron chi connectivity index (χ1n) is 10.3. The van der Waals surface area contributed by atoms with Crippen molar-refractivity contribution in [1.82, 2.24) is 4.31 Å². The molecule has 2 aliphatic rings. The number of piperazine rings is 1. The molecule has 2 heterocycles. The van der Waals surface area contributed by atoms with Gasteiger partial charge < -0.3 is 10.2 Å². The molecule has 2 aromatic carbocycles. The number of carbonyl (C=O) groups is 2. The topological polar surface area (TPSA) is 86.8 Å². The first-order valence-corrected chi connectivity index (χ1v) is 12.6. The van der Waals surface area contributed by atoms with Crippen molar-refractivity contribution in [2.45, 2.75) is 35.3 Å². The molecule has 7 nitrogen and oxygen atoms in total. The molecule has 1 N–H and O–H groups in total. The van der Waals surface area contributed by atoms with Crippen molar-refractivity contribution in [1.29, 1.82) is 0 Å². The van der Waals surface area contributed by atoms with E-state index in [0.717, 1.165) is 17.0 Å². The molecule has 0 aliphatic carbocycles. The lowest BCUT2D eigenvalue weighted by Crippen LogP contribution is -2.48. The summed E-state index contributed by atoms with van der Waals surface area (Å²) in [6, 6.07) is 12.4. The third kappa shape index (κ3) is 4.35. The first-order chi connectivity index (χ1) is 14.8. The number of rotatable bonds is 5. The van der Waals surface area contributed by atoms with Gasteiger partial charge in [-0.1, -0.05) is 6.92 Å². The van der Waals surface area contributed by atoms with E-state index < -0.39 is 10.0 Å². The molecule has 2 aliphatic heterocycles. The molecular formula is C22H25N3O4S2. The van der Waals surface area contributed by atoms with Gasteiger partial charge in [-0.05, 0) is 55.8 Å². The maximum Gasteiger partial charge on any atom is 0.243 e. The summed E-state index contributed by atoms with van der Waals surface area (Å²) in [6.07, 6.45) is 0.720. The van der Waals surface area contributed by atoms with Crippen molar-refractivity contribution < 1.29 is 18.0 Å². The molecule has 0 saturated carbocycles. The van der Waals surface area contributed by atoms with Crippen LogP contribution in [0.5, 0.6) is 0 Å². The Bertz CT molecular complexity index is 1110. The molecule has 1 amide bonds. The number of benzene rings is 2. The second-order valence-electron chi connectivity index (χ2n) is 7.66. The van der Waals surface area contributed by atoms with Gasteiger partial charge in [0.05, 0.1) is 15.8 Å². The van der Waals surface area contributed by atoms with Crippen LogP contribution >= 0.6 is 11.8 Å². The van der Waals surface area contributed by atoms with Crippen LogP contribution in [0.25, 0.3) is 0 Å². The fourth-order valence-corrected chi connectivity index (χ4v) is 6.27. The number of ketones is 1. The van der Waals surface area contributed by atoms with E-state index in [-0.39, 0.29) is 21.8 Å². The Morgan fingerprint density at radius 1 is 1.10 bits per heavy atom. The Balaban J connectivity index is 1.46. The molecule has 1 saturated heterocycles. The highest BCUT2D eigenvalue weighted by atomic mass is 32.2. The van der Waals surface area contributed by atoms with Crippen molar-refractivity contribution >= 4 is 44.9 Å². The van der Waals surface area contributed by atoms with Crippen LogP contribution in [0.1, 0.15) is 30.6 Å². The molecule has 0 bridgehead atoms. The Kier molecular flexibility index (Phi) is 6.09. The third-order valence-corrected chi connectivity index (χ3v) is 8.99. The number of nitrogens with zero attached hydrogens (tertiary/aromatic N) is 2. The van der Waals surface area contributed by atoms with Gasteiger partial charge in [0.15, 0.2) is 5.78 Å². The normalized spacial score (nSPS) is 19.6. The van der Waals surface area contributed by atoms with Crippen LogP contribution in [-0.2, 0) is 14.8 Å². The van der Waals surface area contributed by atoms with Crippen molar-refractivity contribution in [3.05, 3.63) is 48.0 Å². The summed E-state index contributed by atoms with van der Waals surface area (Å²) in [5, 5.41) is 2.70. The van der Waals surface area contributed by atoms with Gasteiger partial charge >= 0.3 is 0 Å². The fourth-order valence-electron chi connectivity index (χ4n) is 3.80. The van der Waals surface area contributed by atoms with Crippen molar-refractivity contribution in [3.63, 3.8) is 0 Å². The van der Waals surface area contributed by atoms with E-state index in [9.17, 15) is 18.0 Å². The molecule has 2 aromatic rings. The Morgan fingerprint density at radius 3 is 2.39 bits per heavy atom. The maximum atomic E-state index is 13.2. The molecule has 0 radical (unpaired) electrons. The SMILES string of the molecule is CC[C@@H]1Sc2ccc(S(=O)(=O)N3CCN(c4ccc(C(C)=O)cc4)CC3)cc2NC1=O. The largest absolute Gasteiger partial charge is 0.369 e. The second kappa shape index (κ2) is 8.64. The van der Waals surface area contributed by atoms with Crippen LogP contribution in [0.4, 0.5) is 11.4 Å². The van der Waals surface area contributed by atoms with E-state index in [4.69, 9.17) is 0 Å². The number of nitrogens with one attached hydrogen (secondary N) is 1. The monoisotopic (exact) mass is 459 g/mol. The minimum atomic E-state index is -3.65. The summed E-state index contributed by atoms with van der Waals surface area (Å²) in [5.74, 6) is -0.0636. The zero-order chi connectivity index (χ0) is 22.2. The van der Waals surface area contributed by atoms with E-state index in [2.05, 4.69) is 10.2 Å². The number of amides is 1. The summed E-state index contributed by atoms with van der Waals surface area (Å²) >= 11 is 1.47. The average Bonchev–Trinajstić information content (AvgIpc) is 2.78. The number of anilines is 2. The quantitative estimate of drug-likeness (QED) is 0.691. The Labute approximate surface area is 186 Å². The molecule has 4 rings (SSSR count). The van der Waals surface area contributed by atoms with Gasteiger partial charge in [-0.15, -0.1) is 11.8 Å². The highest BCUT2D eigenvalue weighted by Gasteiger charge is 2.31. The zero-order valence-corrected chi connectivity index (χ0v) is 19.1. The standard InChI is InChI=1S/C22H25N3O4S2/c1-3-20-22(27)23-19-14-18(8-9-21(19)30-20)31(28,29)25-12-10-24(11-13-25)17-6-4-16(5-7-17)15(2)26/h4-9,14,20H,3,10-13H2,1-2H3,(H,23,27)/t20-/m0/s1. The van der Waals surface area contributed by atoms with Gasteiger partial charge in [0.25, 0.3) is 0 Å². The fraction of sp³-hybridized carbons (Fsp3) is 0.364. The van der Waals surface area contributed by atoms with E-state index in [0.29, 0.717) is 37.4 Å². The number of fused-ring (bicyclic) bond motifs is 1. The summed E-state index contributed by atoms with van der Waals surface area (Å²) in [5.41, 5.74) is 2.19. The minimum Gasteiger partial charge on any atom is -0.369 e. The maximum absolute atomic E-state index is 13.2. The van der Waals surface area contributed by atoms with Gasteiger partial charge in [0.1, 0.15) is 0 Å². The third-order valence-electron chi connectivity index (χ3n) is 5.66. The lowest BCUT2D eigenvalue weighted by molar-refractivity contribution is -0.115. The number of carbonyl (C=O) groups excluding carboxylic acids is 2. The van der Waals surface area contributed by atoms with Crippen molar-refractivity contribution in [3.8, 4) is 0 Å². The lowest BCUT2D eigenvalue weighted by atomic mass is 10.1. The molecule has 31 heavy (non-hydrogen) atoms. The average molecular weight is 460 g/mol. The smallest absolute Gasteiger partial charge is 0.243 e. The van der Waals surface area contributed by atoms with Gasteiger partial charge in [-0.25, -0.2) is 8.42 Å². The van der Waals surface area contributed by atoms with Gasteiger partial charge in [0.2, 0.25) is 15.9 Å². The molecule has 0 spiro atoms. The molecule has 164 valence electrons. The predicted molar refractivity (Wildman–Crippen MR) is 122 cm³/mol. The number of Topliss-reactive ketones (excluding diaryl/α,β-unsaturated/α-hetero) is 1. The van der Waals surface area contributed by atoms with Crippen LogP contribution in [0.2, 0.25) is 0 Å². The summed E-state index contributed by atoms with van der Waals surface area (Å²) < 4.78 is 27.9. The van der Waals surface area contributed by atoms with Crippen LogP contribution < -0.4 is 10.2 Å². The van der Waals surface area contributed by atoms with E-state index >= 15 is 0 Å². The number of thioether (sulfide) groups is 1. The lowest BCUT2D eigenvalue weighted by Gasteiger charge is -2.35. The zero-order valence-electron chi connectivity index (χ0n) is 17.5. The van der Waals surface area contributed by atoms with E-state index in [1.165, 1.54) is 23.0 Å². The summed E-state index contributed by atoms with van der Waals surface area (Å²) in [4.78, 5) is 26.8. The van der Waals surface area contributed by atoms with Crippen molar-refractivity contribution in [2.75, 3.05) is 36.4 Å². The molecule has 1 fully saturated rings. The molecule has 0 aromatic heterocycles. The number of hydrogen-bond donors (Lipinski definition) is 1. The second-order valence-corrected chi connectivity index (χ2v) is 10.8. The van der Waals surface area contributed by atoms with Crippen LogP contribution in [0.3, 0.4) is 0 Å². The first kappa shape index (κ1) is 21.9. The van der Waals surface area contributed by atoms with E-state index in [1.54, 1.807) is 30.3 Å². The highest BCUT2D eigenvalue weighted by molar-refractivity contribution is 8.01. The molecular weight excluding hydrogens is 434 g/mol. The number of hydrogen-bond acceptors (Lipinski definition) is 6. The van der Waals surface area contributed by atoms with Gasteiger partial charge in [-0.2, -0.15) is 4.31 Å². The molecule has 1 atom stereocenters. The molecule has 9 heteroatoms. The van der Waals surface area contributed by atoms with Crippen LogP contribution in [-0.4, -0.2) is 55.8 Å². The van der Waals surface area contributed by atoms with Gasteiger partial charge in [0, 0.05) is 42.3 Å². The van der Waals surface area contributed by atoms with Crippen molar-refractivity contribution in [2.24, 2.45) is 0 Å². The van der Waals surface area contributed by atoms with Gasteiger partial charge in [-0.3, -0.25) is 9.59 Å². The summed E-state index contributed by atoms with van der Waals surface area (Å²) in [7, 11) is -3.65. The van der Waals surface area contributed by atoms with Crippen LogP contribution in [0.15, 0.2) is 52.3 Å².